The molecule has 1 aromatic heterocycles. The Morgan fingerprint density at radius 1 is 0.368 bits per heavy atom. The summed E-state index contributed by atoms with van der Waals surface area (Å²) in [5.41, 5.74) is 10.4. The maximum atomic E-state index is 10.4. The Kier molecular flexibility index (Phi) is 7.98. The van der Waals surface area contributed by atoms with E-state index in [9.17, 15) is 5.48 Å². The third kappa shape index (κ3) is 6.46. The molecule has 11 aromatic carbocycles. The fourth-order valence-electron chi connectivity index (χ4n) is 10.4. The largest absolute Gasteiger partial charge is 0.310 e. The van der Waals surface area contributed by atoms with Crippen LogP contribution < -0.4 is 9.80 Å². The number of para-hydroxylation sites is 4. The predicted molar refractivity (Wildman–Crippen MR) is 289 cm³/mol. The maximum absolute atomic E-state index is 10.4. The van der Waals surface area contributed by atoms with Crippen LogP contribution in [-0.2, 0) is 5.41 Å². The molecule has 0 N–H and O–H groups in total. The fraction of sp³-hybridized carbons (Fsp3) is 0.0154. The summed E-state index contributed by atoms with van der Waals surface area (Å²) in [6.45, 7) is 0. The van der Waals surface area contributed by atoms with Crippen molar-refractivity contribution in [3.63, 3.8) is 0 Å². The molecule has 0 radical (unpaired) electrons. The van der Waals surface area contributed by atoms with Crippen molar-refractivity contribution in [3.8, 4) is 22.3 Å². The van der Waals surface area contributed by atoms with Gasteiger partial charge in [0.05, 0.1) is 20.7 Å². The second-order valence-electron chi connectivity index (χ2n) is 17.1. The van der Waals surface area contributed by atoms with Crippen molar-refractivity contribution in [2.24, 2.45) is 0 Å². The van der Waals surface area contributed by atoms with Crippen LogP contribution in [0.1, 0.15) is 31.8 Å². The van der Waals surface area contributed by atoms with Crippen LogP contribution >= 0.6 is 11.3 Å². The lowest BCUT2D eigenvalue weighted by Crippen LogP contribution is -2.28. The zero-order valence-electron chi connectivity index (χ0n) is 43.7. The zero-order chi connectivity index (χ0) is 51.1. The van der Waals surface area contributed by atoms with Gasteiger partial charge in [0.2, 0.25) is 0 Å². The Morgan fingerprint density at radius 2 is 0.912 bits per heavy atom. The fourth-order valence-corrected chi connectivity index (χ4v) is 11.5. The number of benzene rings is 11. The molecule has 12 aromatic rings. The highest BCUT2D eigenvalue weighted by Crippen LogP contribution is 2.59. The molecule has 0 saturated carbocycles. The molecule has 68 heavy (non-hydrogen) atoms. The van der Waals surface area contributed by atoms with Crippen LogP contribution in [0.4, 0.5) is 34.1 Å². The molecule has 1 heterocycles. The van der Waals surface area contributed by atoms with E-state index >= 15 is 0 Å². The average molecular weight is 892 g/mol. The van der Waals surface area contributed by atoms with Crippen LogP contribution in [0.25, 0.3) is 53.2 Å². The first-order valence-electron chi connectivity index (χ1n) is 26.3. The molecule has 0 bridgehead atoms. The van der Waals surface area contributed by atoms with Crippen molar-refractivity contribution in [2.45, 2.75) is 5.41 Å². The average Bonchev–Trinajstić information content (AvgIpc) is 4.10. The molecule has 320 valence electrons. The summed E-state index contributed by atoms with van der Waals surface area (Å²) in [4.78, 5) is 4.50. The predicted octanol–water partition coefficient (Wildman–Crippen LogP) is 18.2. The van der Waals surface area contributed by atoms with E-state index < -0.39 is 29.6 Å². The van der Waals surface area contributed by atoms with E-state index in [0.29, 0.717) is 0 Å². The van der Waals surface area contributed by atoms with Gasteiger partial charge < -0.3 is 9.80 Å². The SMILES string of the molecule is [2H]c1c([2H])c([2H])c2c([2H])c(C3(c4ccc5sc6ccccc6c5c4)c4ccc(N(c5ccccc5)c5ccccc5)cc4-c4cc(N(c5ccccc5)c5ccccc5-c5ccccc5)ccc43)c([2H])c([2H])c2c1[2H]. The van der Waals surface area contributed by atoms with E-state index in [4.69, 9.17) is 4.11 Å². The molecular formula is C65H44N2S. The zero-order valence-corrected chi connectivity index (χ0v) is 37.5. The van der Waals surface area contributed by atoms with Crippen molar-refractivity contribution in [1.29, 1.82) is 0 Å². The second kappa shape index (κ2) is 16.4. The lowest BCUT2D eigenvalue weighted by molar-refractivity contribution is 0.771. The third-order valence-electron chi connectivity index (χ3n) is 13.3. The summed E-state index contributed by atoms with van der Waals surface area (Å²) < 4.78 is 68.4. The minimum absolute atomic E-state index is 0.0891. The van der Waals surface area contributed by atoms with Crippen molar-refractivity contribution < 1.29 is 9.60 Å². The molecular weight excluding hydrogens is 841 g/mol. The van der Waals surface area contributed by atoms with Crippen LogP contribution in [-0.4, -0.2) is 0 Å². The number of fused-ring (bicyclic) bond motifs is 7. The number of nitrogens with zero attached hydrogens (tertiary/aromatic N) is 2. The van der Waals surface area contributed by atoms with Gasteiger partial charge in [-0.3, -0.25) is 0 Å². The van der Waals surface area contributed by atoms with Gasteiger partial charge in [0.15, 0.2) is 0 Å². The summed E-state index contributed by atoms with van der Waals surface area (Å²) in [6, 6.07) is 74.3. The molecule has 1 aliphatic rings. The molecule has 2 nitrogen and oxygen atoms in total. The van der Waals surface area contributed by atoms with Crippen molar-refractivity contribution in [3.05, 3.63) is 289 Å². The Labute approximate surface area is 410 Å². The first-order chi connectivity index (χ1) is 36.6. The topological polar surface area (TPSA) is 6.48 Å². The Hall–Kier alpha value is -8.50. The molecule has 0 spiro atoms. The van der Waals surface area contributed by atoms with E-state index in [0.717, 1.165) is 93.2 Å². The quantitative estimate of drug-likeness (QED) is 0.142. The lowest BCUT2D eigenvalue weighted by Gasteiger charge is -2.35. The summed E-state index contributed by atoms with van der Waals surface area (Å²) >= 11 is 1.70. The van der Waals surface area contributed by atoms with Crippen LogP contribution in [0.15, 0.2) is 267 Å². The van der Waals surface area contributed by atoms with E-state index in [-0.39, 0.29) is 34.5 Å². The molecule has 3 heteroatoms. The van der Waals surface area contributed by atoms with Gasteiger partial charge in [-0.05, 0) is 141 Å². The minimum Gasteiger partial charge on any atom is -0.310 e. The number of anilines is 6. The van der Waals surface area contributed by atoms with Crippen molar-refractivity contribution in [1.82, 2.24) is 0 Å². The summed E-state index contributed by atoms with van der Waals surface area (Å²) in [7, 11) is 0. The van der Waals surface area contributed by atoms with E-state index in [1.807, 2.05) is 84.9 Å². The maximum Gasteiger partial charge on any atom is 0.0714 e. The molecule has 1 unspecified atom stereocenters. The third-order valence-corrected chi connectivity index (χ3v) is 14.5. The summed E-state index contributed by atoms with van der Waals surface area (Å²) in [5.74, 6) is 0. The smallest absolute Gasteiger partial charge is 0.0714 e. The highest BCUT2D eigenvalue weighted by Gasteiger charge is 2.47. The van der Waals surface area contributed by atoms with Gasteiger partial charge in [0, 0.05) is 54.2 Å². The van der Waals surface area contributed by atoms with Crippen molar-refractivity contribution >= 4 is 76.4 Å². The number of thiophene rings is 1. The Morgan fingerprint density at radius 3 is 1.59 bits per heavy atom. The van der Waals surface area contributed by atoms with Gasteiger partial charge in [-0.15, -0.1) is 11.3 Å². The van der Waals surface area contributed by atoms with Crippen LogP contribution in [0.5, 0.6) is 0 Å². The normalized spacial score (nSPS) is 15.4. The standard InChI is InChI=1S/C65H44N2S/c1-5-20-46(21-6-1)55-29-15-17-31-62(55)67(52-27-11-4-12-28-52)54-37-39-61-58(44-54)57-43-53(66(50-23-7-2-8-24-50)51-25-9-3-10-26-51)36-38-60(57)65(61,48-34-33-45-19-13-14-22-47(45)41-48)49-35-40-64-59(42-49)56-30-16-18-32-63(56)68-64/h1-44H/i13D,14D,19D,22D,33D,34D,41D. The number of hydrogen-bond donors (Lipinski definition) is 0. The number of hydrogen-bond acceptors (Lipinski definition) is 3. The lowest BCUT2D eigenvalue weighted by atomic mass is 9.67. The molecule has 0 fully saturated rings. The number of rotatable bonds is 9. The van der Waals surface area contributed by atoms with E-state index in [1.165, 1.54) is 0 Å². The van der Waals surface area contributed by atoms with Crippen LogP contribution in [0.3, 0.4) is 0 Å². The van der Waals surface area contributed by atoms with E-state index in [2.05, 4.69) is 149 Å². The second-order valence-corrected chi connectivity index (χ2v) is 18.2. The van der Waals surface area contributed by atoms with Gasteiger partial charge in [-0.2, -0.15) is 0 Å². The molecule has 0 aliphatic heterocycles. The van der Waals surface area contributed by atoms with E-state index in [1.54, 1.807) is 11.3 Å². The molecule has 13 rings (SSSR count). The van der Waals surface area contributed by atoms with Gasteiger partial charge in [0.1, 0.15) is 0 Å². The van der Waals surface area contributed by atoms with Gasteiger partial charge in [-0.1, -0.05) is 176 Å². The van der Waals surface area contributed by atoms with Crippen LogP contribution in [0.2, 0.25) is 0 Å². The minimum atomic E-state index is -1.46. The van der Waals surface area contributed by atoms with Crippen molar-refractivity contribution in [2.75, 3.05) is 9.80 Å². The van der Waals surface area contributed by atoms with Crippen LogP contribution in [0, 0.1) is 0 Å². The first-order valence-corrected chi connectivity index (χ1v) is 23.6. The Balaban J connectivity index is 1.18. The highest BCUT2D eigenvalue weighted by atomic mass is 32.1. The molecule has 0 saturated heterocycles. The summed E-state index contributed by atoms with van der Waals surface area (Å²) in [6.07, 6.45) is 0. The Bertz CT molecular complexity index is 4190. The van der Waals surface area contributed by atoms with Gasteiger partial charge in [0.25, 0.3) is 0 Å². The summed E-state index contributed by atoms with van der Waals surface area (Å²) in [5, 5.41) is 1.85. The first kappa shape index (κ1) is 33.0. The monoisotopic (exact) mass is 891 g/mol. The van der Waals surface area contributed by atoms with Gasteiger partial charge in [-0.25, -0.2) is 0 Å². The van der Waals surface area contributed by atoms with Gasteiger partial charge >= 0.3 is 0 Å². The molecule has 1 atom stereocenters. The molecule has 1 aliphatic carbocycles. The molecule has 0 amide bonds. The highest BCUT2D eigenvalue weighted by molar-refractivity contribution is 7.25.